The minimum atomic E-state index is -0.271. The number of thioether (sulfide) groups is 1. The number of thiophene rings is 1. The van der Waals surface area contributed by atoms with Gasteiger partial charge >= 0.3 is 0 Å². The maximum Gasteiger partial charge on any atom is 0.234 e. The Labute approximate surface area is 133 Å². The van der Waals surface area contributed by atoms with Gasteiger partial charge in [0.05, 0.1) is 12.6 Å². The lowest BCUT2D eigenvalue weighted by molar-refractivity contribution is -0.125. The summed E-state index contributed by atoms with van der Waals surface area (Å²) in [5, 5.41) is 2.99. The highest BCUT2D eigenvalue weighted by Gasteiger charge is 2.31. The van der Waals surface area contributed by atoms with Gasteiger partial charge in [-0.1, -0.05) is 11.8 Å². The molecule has 1 amide bonds. The molecule has 2 atom stereocenters. The molecule has 0 bridgehead atoms. The standard InChI is InChI=1S/C15H20N2O2S2/c1-10-4-5-13(21-10)12-3-2-7-17(12)9-14(18)16-11-6-8-20-15(11)19/h4-5,11-12H,2-3,6-9H2,1H3,(H,16,18)/t11-,12+/m1/s1. The van der Waals surface area contributed by atoms with Crippen LogP contribution in [0.15, 0.2) is 12.1 Å². The zero-order valence-electron chi connectivity index (χ0n) is 12.1. The summed E-state index contributed by atoms with van der Waals surface area (Å²) in [5.41, 5.74) is 0. The van der Waals surface area contributed by atoms with E-state index in [1.807, 2.05) is 11.3 Å². The fourth-order valence-corrected chi connectivity index (χ4v) is 5.00. The van der Waals surface area contributed by atoms with E-state index in [-0.39, 0.29) is 17.1 Å². The summed E-state index contributed by atoms with van der Waals surface area (Å²) in [7, 11) is 0. The van der Waals surface area contributed by atoms with Gasteiger partial charge in [0.25, 0.3) is 0 Å². The molecule has 6 heteroatoms. The van der Waals surface area contributed by atoms with E-state index in [9.17, 15) is 9.59 Å². The van der Waals surface area contributed by atoms with Crippen LogP contribution >= 0.6 is 23.1 Å². The molecule has 0 spiro atoms. The summed E-state index contributed by atoms with van der Waals surface area (Å²) in [4.78, 5) is 28.7. The predicted octanol–water partition coefficient (Wildman–Crippen LogP) is 2.34. The Bertz CT molecular complexity index is 544. The summed E-state index contributed by atoms with van der Waals surface area (Å²) >= 11 is 3.14. The Morgan fingerprint density at radius 1 is 1.43 bits per heavy atom. The second-order valence-electron chi connectivity index (χ2n) is 5.65. The van der Waals surface area contributed by atoms with Crippen molar-refractivity contribution >= 4 is 34.1 Å². The molecule has 3 heterocycles. The van der Waals surface area contributed by atoms with Crippen molar-refractivity contribution < 1.29 is 9.59 Å². The summed E-state index contributed by atoms with van der Waals surface area (Å²) < 4.78 is 0. The molecule has 0 unspecified atom stereocenters. The fraction of sp³-hybridized carbons (Fsp3) is 0.600. The summed E-state index contributed by atoms with van der Waals surface area (Å²) in [6.45, 7) is 3.47. The lowest BCUT2D eigenvalue weighted by atomic mass is 10.2. The third-order valence-electron chi connectivity index (χ3n) is 4.07. The maximum absolute atomic E-state index is 12.2. The number of nitrogens with zero attached hydrogens (tertiary/aromatic N) is 1. The Morgan fingerprint density at radius 3 is 2.95 bits per heavy atom. The first-order chi connectivity index (χ1) is 10.1. The van der Waals surface area contributed by atoms with E-state index in [0.717, 1.165) is 31.6 Å². The minimum absolute atomic E-state index is 0.0176. The van der Waals surface area contributed by atoms with Crippen molar-refractivity contribution in [1.82, 2.24) is 10.2 Å². The van der Waals surface area contributed by atoms with Gasteiger partial charge in [0.2, 0.25) is 11.0 Å². The quantitative estimate of drug-likeness (QED) is 0.923. The molecule has 3 rings (SSSR count). The average Bonchev–Trinajstić information content (AvgIpc) is 3.13. The van der Waals surface area contributed by atoms with Gasteiger partial charge in [-0.3, -0.25) is 14.5 Å². The Morgan fingerprint density at radius 2 is 2.29 bits per heavy atom. The molecule has 4 nitrogen and oxygen atoms in total. The number of nitrogens with one attached hydrogen (secondary N) is 1. The van der Waals surface area contributed by atoms with Crippen molar-refractivity contribution in [2.24, 2.45) is 0 Å². The topological polar surface area (TPSA) is 49.4 Å². The Hall–Kier alpha value is -0.850. The lowest BCUT2D eigenvalue weighted by Crippen LogP contribution is -2.43. The van der Waals surface area contributed by atoms with Crippen molar-refractivity contribution in [3.63, 3.8) is 0 Å². The maximum atomic E-state index is 12.2. The first-order valence-corrected chi connectivity index (χ1v) is 9.20. The SMILES string of the molecule is Cc1ccc([C@@H]2CCCN2CC(=O)N[C@@H]2CCSC2=O)s1. The predicted molar refractivity (Wildman–Crippen MR) is 86.6 cm³/mol. The minimum Gasteiger partial charge on any atom is -0.344 e. The van der Waals surface area contributed by atoms with Gasteiger partial charge in [-0.2, -0.15) is 0 Å². The molecule has 1 N–H and O–H groups in total. The van der Waals surface area contributed by atoms with Crippen molar-refractivity contribution in [2.45, 2.75) is 38.3 Å². The molecule has 2 fully saturated rings. The van der Waals surface area contributed by atoms with Crippen LogP contribution in [0, 0.1) is 6.92 Å². The van der Waals surface area contributed by atoms with Crippen LogP contribution in [0.25, 0.3) is 0 Å². The molecule has 1 aromatic heterocycles. The van der Waals surface area contributed by atoms with Gasteiger partial charge < -0.3 is 5.32 Å². The van der Waals surface area contributed by atoms with Crippen LogP contribution in [0.4, 0.5) is 0 Å². The summed E-state index contributed by atoms with van der Waals surface area (Å²) in [6, 6.07) is 4.42. The van der Waals surface area contributed by atoms with Crippen LogP contribution < -0.4 is 5.32 Å². The van der Waals surface area contributed by atoms with E-state index >= 15 is 0 Å². The van der Waals surface area contributed by atoms with Gasteiger partial charge in [0, 0.05) is 21.5 Å². The molecular formula is C15H20N2O2S2. The number of carbonyl (C=O) groups is 2. The highest BCUT2D eigenvalue weighted by molar-refractivity contribution is 8.14. The van der Waals surface area contributed by atoms with E-state index in [0.29, 0.717) is 12.6 Å². The normalized spacial score (nSPS) is 26.4. The van der Waals surface area contributed by atoms with Crippen LogP contribution in [0.5, 0.6) is 0 Å². The number of hydrogen-bond acceptors (Lipinski definition) is 5. The second kappa shape index (κ2) is 6.50. The van der Waals surface area contributed by atoms with Crippen molar-refractivity contribution in [2.75, 3.05) is 18.8 Å². The molecule has 0 saturated carbocycles. The zero-order valence-corrected chi connectivity index (χ0v) is 13.8. The highest BCUT2D eigenvalue weighted by atomic mass is 32.2. The van der Waals surface area contributed by atoms with Crippen LogP contribution in [-0.4, -0.2) is 40.8 Å². The highest BCUT2D eigenvalue weighted by Crippen LogP contribution is 2.35. The monoisotopic (exact) mass is 324 g/mol. The summed E-state index contributed by atoms with van der Waals surface area (Å²) in [5.74, 6) is 0.806. The number of rotatable bonds is 4. The van der Waals surface area contributed by atoms with Gasteiger partial charge in [0.1, 0.15) is 0 Å². The van der Waals surface area contributed by atoms with E-state index in [4.69, 9.17) is 0 Å². The van der Waals surface area contributed by atoms with Crippen LogP contribution in [0.2, 0.25) is 0 Å². The van der Waals surface area contributed by atoms with Crippen molar-refractivity contribution in [3.05, 3.63) is 21.9 Å². The number of hydrogen-bond donors (Lipinski definition) is 1. The smallest absolute Gasteiger partial charge is 0.234 e. The van der Waals surface area contributed by atoms with E-state index < -0.39 is 0 Å². The number of amides is 1. The van der Waals surface area contributed by atoms with Crippen LogP contribution in [-0.2, 0) is 9.59 Å². The van der Waals surface area contributed by atoms with Crippen molar-refractivity contribution in [3.8, 4) is 0 Å². The van der Waals surface area contributed by atoms with Crippen LogP contribution in [0.1, 0.15) is 35.1 Å². The largest absolute Gasteiger partial charge is 0.344 e. The molecule has 1 aromatic rings. The number of aryl methyl sites for hydroxylation is 1. The summed E-state index contributed by atoms with van der Waals surface area (Å²) in [6.07, 6.45) is 3.02. The number of carbonyl (C=O) groups excluding carboxylic acids is 2. The molecule has 0 aliphatic carbocycles. The van der Waals surface area contributed by atoms with E-state index in [2.05, 4.69) is 29.3 Å². The Balaban J connectivity index is 1.58. The molecule has 0 radical (unpaired) electrons. The van der Waals surface area contributed by atoms with Gasteiger partial charge in [-0.05, 0) is 44.9 Å². The molecule has 21 heavy (non-hydrogen) atoms. The molecule has 114 valence electrons. The van der Waals surface area contributed by atoms with Crippen LogP contribution in [0.3, 0.4) is 0 Å². The van der Waals surface area contributed by atoms with Gasteiger partial charge in [0.15, 0.2) is 0 Å². The third-order valence-corrected chi connectivity index (χ3v) is 6.18. The Kier molecular flexibility index (Phi) is 4.66. The second-order valence-corrected chi connectivity index (χ2v) is 8.07. The molecular weight excluding hydrogens is 304 g/mol. The van der Waals surface area contributed by atoms with E-state index in [1.54, 1.807) is 0 Å². The van der Waals surface area contributed by atoms with Gasteiger partial charge in [-0.15, -0.1) is 11.3 Å². The molecule has 2 aliphatic heterocycles. The molecule has 2 saturated heterocycles. The number of likely N-dealkylation sites (tertiary alicyclic amines) is 1. The average molecular weight is 324 g/mol. The van der Waals surface area contributed by atoms with E-state index in [1.165, 1.54) is 21.5 Å². The first kappa shape index (κ1) is 15.1. The lowest BCUT2D eigenvalue weighted by Gasteiger charge is -2.23. The molecule has 2 aliphatic rings. The molecule has 0 aromatic carbocycles. The van der Waals surface area contributed by atoms with Crippen molar-refractivity contribution in [1.29, 1.82) is 0 Å². The zero-order chi connectivity index (χ0) is 14.8. The fourth-order valence-electron chi connectivity index (χ4n) is 3.02. The first-order valence-electron chi connectivity index (χ1n) is 7.40. The third kappa shape index (κ3) is 3.49. The van der Waals surface area contributed by atoms with Gasteiger partial charge in [-0.25, -0.2) is 0 Å².